The molecule has 0 aliphatic carbocycles. The number of piperazine rings is 1. The topological polar surface area (TPSA) is 32.8 Å². The molecule has 1 aliphatic heterocycles. The monoisotopic (exact) mass is 370 g/mol. The maximum absolute atomic E-state index is 13.0. The highest BCUT2D eigenvalue weighted by Crippen LogP contribution is 2.13. The van der Waals surface area contributed by atoms with Crippen LogP contribution in [0.2, 0.25) is 0 Å². The average Bonchev–Trinajstić information content (AvgIpc) is 2.71. The lowest BCUT2D eigenvalue weighted by Crippen LogP contribution is -2.49. The summed E-state index contributed by atoms with van der Waals surface area (Å²) in [4.78, 5) is 16.8. The van der Waals surface area contributed by atoms with Crippen LogP contribution in [0, 0.1) is 5.82 Å². The van der Waals surface area contributed by atoms with Crippen molar-refractivity contribution in [2.75, 3.05) is 39.8 Å². The maximum atomic E-state index is 13.0. The van der Waals surface area contributed by atoms with Crippen LogP contribution in [0.15, 0.2) is 48.5 Å². The third kappa shape index (κ3) is 5.79. The summed E-state index contributed by atoms with van der Waals surface area (Å²) in [7, 11) is 1.68. The Bertz CT molecular complexity index is 723. The highest BCUT2D eigenvalue weighted by molar-refractivity contribution is 5.78. The van der Waals surface area contributed by atoms with Gasteiger partial charge in [-0.05, 0) is 54.8 Å². The number of benzene rings is 2. The minimum Gasteiger partial charge on any atom is -0.497 e. The van der Waals surface area contributed by atoms with Crippen molar-refractivity contribution in [1.29, 1.82) is 0 Å². The number of carbonyl (C=O) groups is 1. The average molecular weight is 370 g/mol. The van der Waals surface area contributed by atoms with E-state index in [9.17, 15) is 9.18 Å². The maximum Gasteiger partial charge on any atom is 0.227 e. The predicted molar refractivity (Wildman–Crippen MR) is 104 cm³/mol. The summed E-state index contributed by atoms with van der Waals surface area (Å²) < 4.78 is 18.1. The third-order valence-corrected chi connectivity index (χ3v) is 5.09. The highest BCUT2D eigenvalue weighted by atomic mass is 19.1. The summed E-state index contributed by atoms with van der Waals surface area (Å²) in [5.41, 5.74) is 2.19. The predicted octanol–water partition coefficient (Wildman–Crippen LogP) is 3.15. The summed E-state index contributed by atoms with van der Waals surface area (Å²) in [6, 6.07) is 14.4. The Morgan fingerprint density at radius 1 is 0.963 bits per heavy atom. The van der Waals surface area contributed by atoms with Crippen molar-refractivity contribution in [3.63, 3.8) is 0 Å². The van der Waals surface area contributed by atoms with Crippen LogP contribution in [0.1, 0.15) is 17.5 Å². The zero-order valence-electron chi connectivity index (χ0n) is 15.9. The zero-order valence-corrected chi connectivity index (χ0v) is 15.9. The molecule has 4 nitrogen and oxygen atoms in total. The summed E-state index contributed by atoms with van der Waals surface area (Å²) in [6.45, 7) is 4.41. The number of methoxy groups -OCH3 is 1. The molecule has 0 unspecified atom stereocenters. The molecule has 2 aromatic carbocycles. The first kappa shape index (κ1) is 19.4. The van der Waals surface area contributed by atoms with Gasteiger partial charge in [0.1, 0.15) is 11.6 Å². The van der Waals surface area contributed by atoms with E-state index < -0.39 is 0 Å². The second-order valence-corrected chi connectivity index (χ2v) is 6.98. The molecule has 27 heavy (non-hydrogen) atoms. The number of ether oxygens (including phenoxy) is 1. The Morgan fingerprint density at radius 3 is 2.22 bits per heavy atom. The van der Waals surface area contributed by atoms with Crippen LogP contribution in [0.5, 0.6) is 5.75 Å². The molecule has 0 spiro atoms. The quantitative estimate of drug-likeness (QED) is 0.751. The Balaban J connectivity index is 1.36. The molecule has 0 saturated carbocycles. The molecule has 0 radical (unpaired) electrons. The lowest BCUT2D eigenvalue weighted by atomic mass is 10.1. The van der Waals surface area contributed by atoms with Crippen molar-refractivity contribution in [3.05, 3.63) is 65.5 Å². The molecule has 3 rings (SSSR count). The standard InChI is InChI=1S/C22H27FN2O2/c1-27-21-10-6-18(7-11-21)3-2-12-24-13-15-25(16-14-24)22(26)17-19-4-8-20(23)9-5-19/h4-11H,2-3,12-17H2,1H3. The Morgan fingerprint density at radius 2 is 1.59 bits per heavy atom. The van der Waals surface area contributed by atoms with Crippen LogP contribution in [0.3, 0.4) is 0 Å². The number of nitrogens with zero attached hydrogens (tertiary/aromatic N) is 2. The van der Waals surface area contributed by atoms with E-state index in [1.165, 1.54) is 17.7 Å². The van der Waals surface area contributed by atoms with E-state index >= 15 is 0 Å². The largest absolute Gasteiger partial charge is 0.497 e. The first-order valence-electron chi connectivity index (χ1n) is 9.51. The molecule has 2 aromatic rings. The molecular weight excluding hydrogens is 343 g/mol. The van der Waals surface area contributed by atoms with Crippen LogP contribution in [-0.4, -0.2) is 55.5 Å². The lowest BCUT2D eigenvalue weighted by molar-refractivity contribution is -0.132. The molecule has 1 aliphatic rings. The van der Waals surface area contributed by atoms with Crippen molar-refractivity contribution in [1.82, 2.24) is 9.80 Å². The second-order valence-electron chi connectivity index (χ2n) is 6.98. The Hall–Kier alpha value is -2.40. The van der Waals surface area contributed by atoms with E-state index in [4.69, 9.17) is 4.74 Å². The van der Waals surface area contributed by atoms with Crippen LogP contribution in [-0.2, 0) is 17.6 Å². The van der Waals surface area contributed by atoms with Gasteiger partial charge in [0.15, 0.2) is 0 Å². The Labute approximate surface area is 160 Å². The fourth-order valence-electron chi connectivity index (χ4n) is 3.41. The normalized spacial score (nSPS) is 15.0. The molecule has 0 atom stereocenters. The number of aryl methyl sites for hydroxylation is 1. The molecule has 144 valence electrons. The minimum absolute atomic E-state index is 0.125. The number of carbonyl (C=O) groups excluding carboxylic acids is 1. The summed E-state index contributed by atoms with van der Waals surface area (Å²) in [6.07, 6.45) is 2.50. The van der Waals surface area contributed by atoms with Crippen molar-refractivity contribution in [2.45, 2.75) is 19.3 Å². The molecule has 5 heteroatoms. The van der Waals surface area contributed by atoms with Crippen molar-refractivity contribution in [3.8, 4) is 5.75 Å². The van der Waals surface area contributed by atoms with E-state index in [1.54, 1.807) is 19.2 Å². The number of hydrogen-bond acceptors (Lipinski definition) is 3. The molecule has 1 heterocycles. The molecule has 0 aromatic heterocycles. The van der Waals surface area contributed by atoms with Crippen LogP contribution >= 0.6 is 0 Å². The molecule has 1 fully saturated rings. The van der Waals surface area contributed by atoms with Gasteiger partial charge in [0, 0.05) is 26.2 Å². The molecule has 1 amide bonds. The van der Waals surface area contributed by atoms with Gasteiger partial charge in [-0.15, -0.1) is 0 Å². The van der Waals surface area contributed by atoms with Crippen LogP contribution in [0.4, 0.5) is 4.39 Å². The minimum atomic E-state index is -0.269. The summed E-state index contributed by atoms with van der Waals surface area (Å²) >= 11 is 0. The van der Waals surface area contributed by atoms with Gasteiger partial charge in [-0.2, -0.15) is 0 Å². The molecule has 0 bridgehead atoms. The first-order valence-corrected chi connectivity index (χ1v) is 9.51. The van der Waals surface area contributed by atoms with Gasteiger partial charge >= 0.3 is 0 Å². The molecule has 0 N–H and O–H groups in total. The SMILES string of the molecule is COc1ccc(CCCN2CCN(C(=O)Cc3ccc(F)cc3)CC2)cc1. The van der Waals surface area contributed by atoms with Gasteiger partial charge in [0.2, 0.25) is 5.91 Å². The van der Waals surface area contributed by atoms with Gasteiger partial charge in [0.25, 0.3) is 0 Å². The van der Waals surface area contributed by atoms with Gasteiger partial charge in [-0.25, -0.2) is 4.39 Å². The van der Waals surface area contributed by atoms with Crippen molar-refractivity contribution >= 4 is 5.91 Å². The van der Waals surface area contributed by atoms with E-state index in [0.29, 0.717) is 6.42 Å². The third-order valence-electron chi connectivity index (χ3n) is 5.09. The molecule has 1 saturated heterocycles. The summed E-state index contributed by atoms with van der Waals surface area (Å²) in [5.74, 6) is 0.745. The van der Waals surface area contributed by atoms with Crippen LogP contribution < -0.4 is 4.74 Å². The zero-order chi connectivity index (χ0) is 19.1. The Kier molecular flexibility index (Phi) is 6.82. The number of rotatable bonds is 7. The fraction of sp³-hybridized carbons (Fsp3) is 0.409. The van der Waals surface area contributed by atoms with Crippen LogP contribution in [0.25, 0.3) is 0 Å². The van der Waals surface area contributed by atoms with Crippen molar-refractivity contribution < 1.29 is 13.9 Å². The number of hydrogen-bond donors (Lipinski definition) is 0. The molecular formula is C22H27FN2O2. The van der Waals surface area contributed by atoms with Gasteiger partial charge in [-0.3, -0.25) is 9.69 Å². The summed E-state index contributed by atoms with van der Waals surface area (Å²) in [5, 5.41) is 0. The van der Waals surface area contributed by atoms with Crippen molar-refractivity contribution in [2.24, 2.45) is 0 Å². The smallest absolute Gasteiger partial charge is 0.227 e. The number of halogens is 1. The lowest BCUT2D eigenvalue weighted by Gasteiger charge is -2.34. The van der Waals surface area contributed by atoms with Gasteiger partial charge in [0.05, 0.1) is 13.5 Å². The number of amides is 1. The van der Waals surface area contributed by atoms with E-state index in [-0.39, 0.29) is 11.7 Å². The van der Waals surface area contributed by atoms with Gasteiger partial charge < -0.3 is 9.64 Å². The van der Waals surface area contributed by atoms with E-state index in [0.717, 1.165) is 56.9 Å². The van der Waals surface area contributed by atoms with E-state index in [1.807, 2.05) is 17.0 Å². The first-order chi connectivity index (χ1) is 13.1. The second kappa shape index (κ2) is 9.51. The highest BCUT2D eigenvalue weighted by Gasteiger charge is 2.20. The van der Waals surface area contributed by atoms with Gasteiger partial charge in [-0.1, -0.05) is 24.3 Å². The fourth-order valence-corrected chi connectivity index (χ4v) is 3.41. The van der Waals surface area contributed by atoms with E-state index in [2.05, 4.69) is 17.0 Å².